The van der Waals surface area contributed by atoms with Crippen molar-refractivity contribution >= 4 is 20.9 Å². The number of nitrogens with two attached hydrogens (primary N) is 1. The molecule has 11 heteroatoms. The number of primary sulfonamides is 1. The van der Waals surface area contributed by atoms with Crippen LogP contribution in [0.25, 0.3) is 10.9 Å². The van der Waals surface area contributed by atoms with Gasteiger partial charge in [-0.25, -0.2) is 22.9 Å². The number of piperidine rings is 1. The molecular formula is C28H30FN5O4S. The Bertz CT molecular complexity index is 1660. The first-order valence-electron chi connectivity index (χ1n) is 13.3. The number of benzene rings is 2. The van der Waals surface area contributed by atoms with Gasteiger partial charge in [0.1, 0.15) is 22.1 Å². The molecule has 0 unspecified atom stereocenters. The fourth-order valence-electron chi connectivity index (χ4n) is 6.86. The first-order chi connectivity index (χ1) is 18.7. The van der Waals surface area contributed by atoms with Gasteiger partial charge in [0.05, 0.1) is 17.2 Å². The van der Waals surface area contributed by atoms with Crippen LogP contribution in [-0.2, 0) is 14.8 Å². The van der Waals surface area contributed by atoms with Crippen molar-refractivity contribution < 1.29 is 17.5 Å². The predicted molar refractivity (Wildman–Crippen MR) is 143 cm³/mol. The molecule has 39 heavy (non-hydrogen) atoms. The second kappa shape index (κ2) is 9.40. The van der Waals surface area contributed by atoms with Crippen LogP contribution in [-0.4, -0.2) is 31.1 Å². The highest BCUT2D eigenvalue weighted by molar-refractivity contribution is 7.90. The van der Waals surface area contributed by atoms with E-state index < -0.39 is 20.6 Å². The first kappa shape index (κ1) is 25.9. The number of sulfonamides is 1. The Morgan fingerprint density at radius 1 is 1.13 bits per heavy atom. The zero-order chi connectivity index (χ0) is 27.4. The van der Waals surface area contributed by atoms with Crippen LogP contribution in [0.1, 0.15) is 68.5 Å². The fraction of sp³-hybridized carbons (Fsp3) is 0.464. The van der Waals surface area contributed by atoms with Crippen LogP contribution in [0.5, 0.6) is 11.5 Å². The fourth-order valence-corrected chi connectivity index (χ4v) is 8.19. The van der Waals surface area contributed by atoms with Crippen LogP contribution < -0.4 is 20.8 Å². The molecule has 0 radical (unpaired) electrons. The highest BCUT2D eigenvalue weighted by atomic mass is 32.2. The normalized spacial score (nSPS) is 20.5. The quantitative estimate of drug-likeness (QED) is 0.489. The molecule has 0 bridgehead atoms. The first-order valence-corrected chi connectivity index (χ1v) is 14.9. The molecule has 3 N–H and O–H groups in total. The van der Waals surface area contributed by atoms with Crippen LogP contribution in [0.3, 0.4) is 0 Å². The lowest BCUT2D eigenvalue weighted by Gasteiger charge is -2.50. The van der Waals surface area contributed by atoms with Crippen LogP contribution in [0, 0.1) is 22.6 Å². The number of ether oxygens (including phenoxy) is 1. The molecule has 2 heterocycles. The molecule has 1 aromatic heterocycles. The molecule has 2 aliphatic carbocycles. The van der Waals surface area contributed by atoms with Crippen molar-refractivity contribution in [2.75, 3.05) is 13.1 Å². The summed E-state index contributed by atoms with van der Waals surface area (Å²) in [5.74, 6) is -1.06. The molecule has 3 aromatic rings. The Morgan fingerprint density at radius 2 is 1.85 bits per heavy atom. The average Bonchev–Trinajstić information content (AvgIpc) is 3.41. The highest BCUT2D eigenvalue weighted by Crippen LogP contribution is 2.53. The van der Waals surface area contributed by atoms with Gasteiger partial charge in [-0.2, -0.15) is 5.26 Å². The van der Waals surface area contributed by atoms with Crippen LogP contribution in [0.4, 0.5) is 4.39 Å². The zero-order valence-electron chi connectivity index (χ0n) is 21.5. The monoisotopic (exact) mass is 551 g/mol. The summed E-state index contributed by atoms with van der Waals surface area (Å²) in [5, 5.41) is 19.3. The second-order valence-electron chi connectivity index (χ2n) is 11.2. The topological polar surface area (TPSA) is 140 Å². The summed E-state index contributed by atoms with van der Waals surface area (Å²) < 4.78 is 46.5. The molecule has 3 fully saturated rings. The second-order valence-corrected chi connectivity index (χ2v) is 13.1. The lowest BCUT2D eigenvalue weighted by atomic mass is 9.60. The highest BCUT2D eigenvalue weighted by Gasteiger charge is 2.48. The van der Waals surface area contributed by atoms with Crippen LogP contribution >= 0.6 is 0 Å². The molecule has 6 rings (SSSR count). The molecule has 0 amide bonds. The largest absolute Gasteiger partial charge is 0.453 e. The lowest BCUT2D eigenvalue weighted by Crippen LogP contribution is -2.47. The third-order valence-electron chi connectivity index (χ3n) is 9.04. The van der Waals surface area contributed by atoms with Crippen molar-refractivity contribution in [1.82, 2.24) is 14.9 Å². The Kier molecular flexibility index (Phi) is 6.25. The Labute approximate surface area is 225 Å². The van der Waals surface area contributed by atoms with Gasteiger partial charge in [-0.1, -0.05) is 18.9 Å². The maximum absolute atomic E-state index is 15.1. The van der Waals surface area contributed by atoms with Gasteiger partial charge in [0, 0.05) is 6.04 Å². The van der Waals surface area contributed by atoms with E-state index in [1.54, 1.807) is 23.0 Å². The molecule has 2 aromatic carbocycles. The smallest absolute Gasteiger partial charge is 0.261 e. The van der Waals surface area contributed by atoms with Gasteiger partial charge in [-0.3, -0.25) is 9.36 Å². The molecule has 1 saturated heterocycles. The Hall–Kier alpha value is -3.33. The van der Waals surface area contributed by atoms with Crippen molar-refractivity contribution in [3.63, 3.8) is 0 Å². The third-order valence-corrected chi connectivity index (χ3v) is 10.8. The van der Waals surface area contributed by atoms with Gasteiger partial charge in [-0.15, -0.1) is 0 Å². The van der Waals surface area contributed by atoms with Crippen molar-refractivity contribution in [3.05, 3.63) is 64.0 Å². The summed E-state index contributed by atoms with van der Waals surface area (Å²) in [7, 11) is -4.09. The van der Waals surface area contributed by atoms with Gasteiger partial charge in [-0.05, 0) is 86.9 Å². The molecule has 204 valence electrons. The summed E-state index contributed by atoms with van der Waals surface area (Å²) in [6, 6.07) is 9.10. The van der Waals surface area contributed by atoms with Gasteiger partial charge >= 0.3 is 0 Å². The lowest BCUT2D eigenvalue weighted by molar-refractivity contribution is 0.0270. The number of nitrogens with one attached hydrogen (secondary N) is 1. The minimum Gasteiger partial charge on any atom is -0.453 e. The standard InChI is InChI=1S/C28H30FN5O4S/c29-23-5-4-22(28(39(31,36)37)7-1-2-8-28)21(16-30)25(23)38-19-3-6-24-20(13-19)26(35)34(17-33-24)18-14-27(15-18)9-11-32-12-10-27/h3-6,13,17-18,32H,1-2,7-12,14-15H2,(H2,31,36,37). The molecule has 2 saturated carbocycles. The Morgan fingerprint density at radius 3 is 2.51 bits per heavy atom. The molecule has 1 spiro atoms. The van der Waals surface area contributed by atoms with E-state index in [2.05, 4.69) is 10.3 Å². The van der Waals surface area contributed by atoms with Crippen molar-refractivity contribution in [1.29, 1.82) is 5.26 Å². The van der Waals surface area contributed by atoms with E-state index in [1.165, 1.54) is 12.1 Å². The summed E-state index contributed by atoms with van der Waals surface area (Å²) in [4.78, 5) is 17.9. The van der Waals surface area contributed by atoms with E-state index in [1.807, 2.05) is 6.07 Å². The number of hydrogen-bond donors (Lipinski definition) is 2. The number of halogens is 1. The molecule has 0 atom stereocenters. The molecule has 3 aliphatic rings. The van der Waals surface area contributed by atoms with E-state index in [0.29, 0.717) is 29.2 Å². The van der Waals surface area contributed by atoms with Crippen LogP contribution in [0.15, 0.2) is 41.5 Å². The molecule has 1 aliphatic heterocycles. The minimum absolute atomic E-state index is 0.0807. The summed E-state index contributed by atoms with van der Waals surface area (Å²) in [6.45, 7) is 2.00. The predicted octanol–water partition coefficient (Wildman–Crippen LogP) is 3.96. The van der Waals surface area contributed by atoms with Crippen molar-refractivity contribution in [2.45, 2.75) is 62.2 Å². The van der Waals surface area contributed by atoms with Gasteiger partial charge in [0.15, 0.2) is 11.6 Å². The molecule has 9 nitrogen and oxygen atoms in total. The zero-order valence-corrected chi connectivity index (χ0v) is 22.3. The van der Waals surface area contributed by atoms with Gasteiger partial charge in [0.25, 0.3) is 5.56 Å². The SMILES string of the molecule is N#Cc1c(C2(S(N)(=O)=O)CCCC2)ccc(F)c1Oc1ccc2ncn(C3CC4(CCNCC4)C3)c(=O)c2c1. The van der Waals surface area contributed by atoms with Crippen LogP contribution in [0.2, 0.25) is 0 Å². The van der Waals surface area contributed by atoms with E-state index in [4.69, 9.17) is 9.88 Å². The Balaban J connectivity index is 1.36. The van der Waals surface area contributed by atoms with E-state index >= 15 is 4.39 Å². The third kappa shape index (κ3) is 4.22. The number of aromatic nitrogens is 2. The van der Waals surface area contributed by atoms with E-state index in [9.17, 15) is 18.5 Å². The van der Waals surface area contributed by atoms with E-state index in [-0.39, 0.29) is 47.1 Å². The van der Waals surface area contributed by atoms with E-state index in [0.717, 1.165) is 44.8 Å². The number of fused-ring (bicyclic) bond motifs is 1. The van der Waals surface area contributed by atoms with Crippen molar-refractivity contribution in [3.8, 4) is 17.6 Å². The summed E-state index contributed by atoms with van der Waals surface area (Å²) >= 11 is 0. The molecular weight excluding hydrogens is 521 g/mol. The van der Waals surface area contributed by atoms with Crippen molar-refractivity contribution in [2.24, 2.45) is 10.6 Å². The number of nitrogens with zero attached hydrogens (tertiary/aromatic N) is 3. The van der Waals surface area contributed by atoms with Gasteiger partial charge in [0.2, 0.25) is 10.0 Å². The average molecular weight is 552 g/mol. The maximum Gasteiger partial charge on any atom is 0.261 e. The number of nitriles is 1. The maximum atomic E-state index is 15.1. The number of rotatable bonds is 5. The summed E-state index contributed by atoms with van der Waals surface area (Å²) in [5.41, 5.74) is 0.500. The summed E-state index contributed by atoms with van der Waals surface area (Å²) in [6.07, 6.45) is 7.41. The van der Waals surface area contributed by atoms with Gasteiger partial charge < -0.3 is 10.1 Å². The number of hydrogen-bond acceptors (Lipinski definition) is 7. The minimum atomic E-state index is -4.09.